The van der Waals surface area contributed by atoms with Gasteiger partial charge in [0.15, 0.2) is 5.82 Å². The molecule has 0 amide bonds. The maximum absolute atomic E-state index is 5.33. The van der Waals surface area contributed by atoms with Crippen LogP contribution in [0.25, 0.3) is 33.1 Å². The Morgan fingerprint density at radius 3 is 2.47 bits per heavy atom. The molecule has 5 rings (SSSR count). The molecule has 0 unspecified atom stereocenters. The third-order valence-electron chi connectivity index (χ3n) is 5.19. The molecule has 0 bridgehead atoms. The second kappa shape index (κ2) is 7.48. The molecule has 146 valence electrons. The van der Waals surface area contributed by atoms with Gasteiger partial charge in [0.05, 0.1) is 12.6 Å². The largest absolute Gasteiger partial charge is 0.497 e. The van der Waals surface area contributed by atoms with Gasteiger partial charge in [0.25, 0.3) is 0 Å². The molecule has 0 saturated carbocycles. The quantitative estimate of drug-likeness (QED) is 0.379. The molecule has 0 aliphatic heterocycles. The summed E-state index contributed by atoms with van der Waals surface area (Å²) in [4.78, 5) is 9.72. The number of hydrogen-bond donors (Lipinski definition) is 1. The van der Waals surface area contributed by atoms with Crippen LogP contribution < -0.4 is 10.1 Å². The highest BCUT2D eigenvalue weighted by Gasteiger charge is 2.11. The molecule has 1 aromatic heterocycles. The van der Waals surface area contributed by atoms with Gasteiger partial charge in [-0.3, -0.25) is 0 Å². The van der Waals surface area contributed by atoms with Crippen LogP contribution >= 0.6 is 0 Å². The number of nitrogens with zero attached hydrogens (tertiary/aromatic N) is 2. The molecule has 4 aromatic carbocycles. The monoisotopic (exact) mass is 391 g/mol. The first-order valence-electron chi connectivity index (χ1n) is 9.88. The van der Waals surface area contributed by atoms with Gasteiger partial charge < -0.3 is 10.1 Å². The van der Waals surface area contributed by atoms with Crippen molar-refractivity contribution in [2.45, 2.75) is 6.92 Å². The SMILES string of the molecule is COc1ccc2cc(-c3nc(Nc4cccc(C)c4)c4ccccc4n3)ccc2c1. The molecule has 30 heavy (non-hydrogen) atoms. The average Bonchev–Trinajstić information content (AvgIpc) is 2.78. The van der Waals surface area contributed by atoms with Crippen LogP contribution in [0, 0.1) is 6.92 Å². The number of para-hydroxylation sites is 1. The van der Waals surface area contributed by atoms with Gasteiger partial charge in [0.1, 0.15) is 11.6 Å². The molecule has 4 nitrogen and oxygen atoms in total. The zero-order valence-electron chi connectivity index (χ0n) is 16.9. The lowest BCUT2D eigenvalue weighted by Gasteiger charge is -2.12. The highest BCUT2D eigenvalue weighted by molar-refractivity contribution is 5.93. The maximum Gasteiger partial charge on any atom is 0.162 e. The average molecular weight is 391 g/mol. The standard InChI is InChI=1S/C26H21N3O/c1-17-6-5-7-21(14-17)27-26-23-8-3-4-9-24(23)28-25(29-26)20-11-10-19-16-22(30-2)13-12-18(19)15-20/h3-16H,1-2H3,(H,27,28,29). The Labute approximate surface area is 175 Å². The Hall–Kier alpha value is -3.92. The number of ether oxygens (including phenoxy) is 1. The number of rotatable bonds is 4. The summed E-state index contributed by atoms with van der Waals surface area (Å²) in [5.41, 5.74) is 4.09. The van der Waals surface area contributed by atoms with Crippen LogP contribution in [-0.4, -0.2) is 17.1 Å². The summed E-state index contributed by atoms with van der Waals surface area (Å²) in [7, 11) is 1.68. The Morgan fingerprint density at radius 2 is 1.60 bits per heavy atom. The van der Waals surface area contributed by atoms with Crippen molar-refractivity contribution in [3.8, 4) is 17.1 Å². The number of aromatic nitrogens is 2. The fraction of sp³-hybridized carbons (Fsp3) is 0.0769. The molecule has 0 atom stereocenters. The molecule has 0 fully saturated rings. The highest BCUT2D eigenvalue weighted by atomic mass is 16.5. The highest BCUT2D eigenvalue weighted by Crippen LogP contribution is 2.30. The normalized spacial score (nSPS) is 11.0. The lowest BCUT2D eigenvalue weighted by molar-refractivity contribution is 0.415. The van der Waals surface area contributed by atoms with Gasteiger partial charge >= 0.3 is 0 Å². The van der Waals surface area contributed by atoms with Crippen molar-refractivity contribution in [2.75, 3.05) is 12.4 Å². The fourth-order valence-corrected chi connectivity index (χ4v) is 3.65. The Morgan fingerprint density at radius 1 is 0.767 bits per heavy atom. The van der Waals surface area contributed by atoms with Gasteiger partial charge in [-0.05, 0) is 65.7 Å². The van der Waals surface area contributed by atoms with E-state index >= 15 is 0 Å². The number of anilines is 2. The second-order valence-electron chi connectivity index (χ2n) is 7.34. The summed E-state index contributed by atoms with van der Waals surface area (Å²) < 4.78 is 5.33. The van der Waals surface area contributed by atoms with E-state index in [0.717, 1.165) is 44.5 Å². The van der Waals surface area contributed by atoms with Crippen LogP contribution in [0.1, 0.15) is 5.56 Å². The van der Waals surface area contributed by atoms with Gasteiger partial charge in [-0.15, -0.1) is 0 Å². The van der Waals surface area contributed by atoms with Crippen LogP contribution in [0.5, 0.6) is 5.75 Å². The smallest absolute Gasteiger partial charge is 0.162 e. The third-order valence-corrected chi connectivity index (χ3v) is 5.19. The molecule has 0 radical (unpaired) electrons. The summed E-state index contributed by atoms with van der Waals surface area (Å²) in [6.45, 7) is 2.08. The molecule has 0 aliphatic rings. The van der Waals surface area contributed by atoms with Crippen molar-refractivity contribution >= 4 is 33.2 Å². The number of hydrogen-bond acceptors (Lipinski definition) is 4. The second-order valence-corrected chi connectivity index (χ2v) is 7.34. The molecule has 1 N–H and O–H groups in total. The van der Waals surface area contributed by atoms with Crippen LogP contribution in [-0.2, 0) is 0 Å². The zero-order chi connectivity index (χ0) is 20.5. The minimum Gasteiger partial charge on any atom is -0.497 e. The Balaban J connectivity index is 1.63. The topological polar surface area (TPSA) is 47.0 Å². The minimum absolute atomic E-state index is 0.696. The van der Waals surface area contributed by atoms with Gasteiger partial charge in [-0.1, -0.05) is 42.5 Å². The predicted molar refractivity (Wildman–Crippen MR) is 123 cm³/mol. The molecule has 4 heteroatoms. The number of aryl methyl sites for hydroxylation is 1. The first-order chi connectivity index (χ1) is 14.7. The Bertz CT molecular complexity index is 1380. The molecule has 1 heterocycles. The maximum atomic E-state index is 5.33. The van der Waals surface area contributed by atoms with Gasteiger partial charge in [-0.2, -0.15) is 0 Å². The number of methoxy groups -OCH3 is 1. The van der Waals surface area contributed by atoms with E-state index in [2.05, 4.69) is 48.6 Å². The zero-order valence-corrected chi connectivity index (χ0v) is 16.9. The van der Waals surface area contributed by atoms with E-state index in [1.165, 1.54) is 5.56 Å². The van der Waals surface area contributed by atoms with Crippen LogP contribution in [0.2, 0.25) is 0 Å². The molecular weight excluding hydrogens is 370 g/mol. The van der Waals surface area contributed by atoms with Gasteiger partial charge in [0.2, 0.25) is 0 Å². The summed E-state index contributed by atoms with van der Waals surface area (Å²) >= 11 is 0. The number of benzene rings is 4. The summed E-state index contributed by atoms with van der Waals surface area (Å²) in [5, 5.41) is 6.72. The third kappa shape index (κ3) is 3.44. The van der Waals surface area contributed by atoms with E-state index in [-0.39, 0.29) is 0 Å². The summed E-state index contributed by atoms with van der Waals surface area (Å²) in [6, 6.07) is 28.7. The van der Waals surface area contributed by atoms with Gasteiger partial charge in [0, 0.05) is 16.6 Å². The van der Waals surface area contributed by atoms with E-state index in [1.807, 2.05) is 48.5 Å². The lowest BCUT2D eigenvalue weighted by Crippen LogP contribution is -1.99. The van der Waals surface area contributed by atoms with Crippen molar-refractivity contribution in [1.29, 1.82) is 0 Å². The van der Waals surface area contributed by atoms with Crippen molar-refractivity contribution in [2.24, 2.45) is 0 Å². The van der Waals surface area contributed by atoms with E-state index < -0.39 is 0 Å². The molecule has 5 aromatic rings. The molecule has 0 spiro atoms. The number of nitrogens with one attached hydrogen (secondary N) is 1. The van der Waals surface area contributed by atoms with E-state index in [1.54, 1.807) is 7.11 Å². The van der Waals surface area contributed by atoms with Crippen molar-refractivity contribution in [1.82, 2.24) is 9.97 Å². The van der Waals surface area contributed by atoms with E-state index in [9.17, 15) is 0 Å². The summed E-state index contributed by atoms with van der Waals surface area (Å²) in [5.74, 6) is 2.35. The van der Waals surface area contributed by atoms with Crippen LogP contribution in [0.4, 0.5) is 11.5 Å². The van der Waals surface area contributed by atoms with E-state index in [0.29, 0.717) is 5.82 Å². The predicted octanol–water partition coefficient (Wildman–Crippen LogP) is 6.51. The lowest BCUT2D eigenvalue weighted by atomic mass is 10.1. The first-order valence-corrected chi connectivity index (χ1v) is 9.88. The van der Waals surface area contributed by atoms with Crippen molar-refractivity contribution in [3.63, 3.8) is 0 Å². The first kappa shape index (κ1) is 18.1. The van der Waals surface area contributed by atoms with E-state index in [4.69, 9.17) is 14.7 Å². The summed E-state index contributed by atoms with van der Waals surface area (Å²) in [6.07, 6.45) is 0. The molecular formula is C26H21N3O. The Kier molecular flexibility index (Phi) is 4.52. The number of fused-ring (bicyclic) bond motifs is 2. The minimum atomic E-state index is 0.696. The van der Waals surface area contributed by atoms with Crippen LogP contribution in [0.3, 0.4) is 0 Å². The van der Waals surface area contributed by atoms with Gasteiger partial charge in [-0.25, -0.2) is 9.97 Å². The fourth-order valence-electron chi connectivity index (χ4n) is 3.65. The molecule has 0 aliphatic carbocycles. The van der Waals surface area contributed by atoms with Crippen molar-refractivity contribution in [3.05, 3.63) is 90.5 Å². The molecule has 0 saturated heterocycles. The van der Waals surface area contributed by atoms with Crippen LogP contribution in [0.15, 0.2) is 84.9 Å². The van der Waals surface area contributed by atoms with Crippen molar-refractivity contribution < 1.29 is 4.74 Å².